The molecule has 0 bridgehead atoms. The summed E-state index contributed by atoms with van der Waals surface area (Å²) in [5, 5.41) is 0. The maximum absolute atomic E-state index is 8.94. The van der Waals surface area contributed by atoms with E-state index >= 15 is 0 Å². The average Bonchev–Trinajstić information content (AvgIpc) is 1.55. The summed E-state index contributed by atoms with van der Waals surface area (Å²) in [5.74, 6) is 0. The van der Waals surface area contributed by atoms with Crippen LogP contribution in [0.4, 0.5) is 0 Å². The van der Waals surface area contributed by atoms with Gasteiger partial charge < -0.3 is 0 Å². The van der Waals surface area contributed by atoms with Crippen LogP contribution in [0.3, 0.4) is 0 Å². The second kappa shape index (κ2) is 3.76. The lowest BCUT2D eigenvalue weighted by Gasteiger charge is -2.29. The molecule has 0 aliphatic heterocycles. The van der Waals surface area contributed by atoms with Gasteiger partial charge in [-0.15, -0.1) is 10.8 Å². The zero-order valence-corrected chi connectivity index (χ0v) is 8.53. The largest absolute Gasteiger partial charge is 0.286 e. The van der Waals surface area contributed by atoms with Gasteiger partial charge in [0.1, 0.15) is 0 Å². The molecule has 4 heteroatoms. The lowest BCUT2D eigenvalue weighted by Crippen LogP contribution is -2.23. The minimum Gasteiger partial charge on any atom is -0.286 e. The minimum atomic E-state index is -2.50. The zero-order chi connectivity index (χ0) is 9.12. The molecular formula is C7H19NO2S. The number of hydrogen-bond donors (Lipinski definition) is 3. The van der Waals surface area contributed by atoms with Crippen LogP contribution in [-0.2, 0) is 0 Å². The molecular weight excluding hydrogens is 162 g/mol. The standard InChI is InChI=1S/C7H19NO2S/c1-7(2,3)5-6-8-11(4,9)10/h8-10H,5-6H2,1-4H3. The highest BCUT2D eigenvalue weighted by Gasteiger charge is 2.10. The van der Waals surface area contributed by atoms with Crippen molar-refractivity contribution in [1.82, 2.24) is 4.72 Å². The monoisotopic (exact) mass is 181 g/mol. The SMILES string of the molecule is CC(C)(C)CCNS(C)(O)O. The topological polar surface area (TPSA) is 52.5 Å². The van der Waals surface area contributed by atoms with E-state index in [2.05, 4.69) is 25.5 Å². The maximum Gasteiger partial charge on any atom is 0.0416 e. The smallest absolute Gasteiger partial charge is 0.0416 e. The third-order valence-corrected chi connectivity index (χ3v) is 2.00. The normalized spacial score (nSPS) is 15.1. The molecule has 3 N–H and O–H groups in total. The lowest BCUT2D eigenvalue weighted by molar-refractivity contribution is 0.373. The molecule has 0 aromatic heterocycles. The third kappa shape index (κ3) is 10.2. The Balaban J connectivity index is 3.44. The molecule has 0 aromatic rings. The van der Waals surface area contributed by atoms with Gasteiger partial charge in [0.25, 0.3) is 0 Å². The van der Waals surface area contributed by atoms with Crippen LogP contribution in [-0.4, -0.2) is 21.9 Å². The van der Waals surface area contributed by atoms with Crippen molar-refractivity contribution in [3.8, 4) is 0 Å². The second-order valence-electron chi connectivity index (χ2n) is 4.04. The molecule has 0 amide bonds. The Labute approximate surface area is 70.7 Å². The molecule has 0 saturated carbocycles. The summed E-state index contributed by atoms with van der Waals surface area (Å²) in [6.45, 7) is 7.02. The van der Waals surface area contributed by atoms with Crippen LogP contribution in [0.15, 0.2) is 0 Å². The van der Waals surface area contributed by atoms with Crippen LogP contribution in [0.25, 0.3) is 0 Å². The highest BCUT2D eigenvalue weighted by atomic mass is 32.3. The van der Waals surface area contributed by atoms with Gasteiger partial charge in [-0.3, -0.25) is 9.11 Å². The van der Waals surface area contributed by atoms with E-state index in [1.807, 2.05) is 0 Å². The van der Waals surface area contributed by atoms with Crippen molar-refractivity contribution in [3.05, 3.63) is 0 Å². The van der Waals surface area contributed by atoms with Crippen molar-refractivity contribution >= 4 is 10.8 Å². The van der Waals surface area contributed by atoms with Gasteiger partial charge in [0.2, 0.25) is 0 Å². The Morgan fingerprint density at radius 3 is 2.00 bits per heavy atom. The van der Waals surface area contributed by atoms with Crippen molar-refractivity contribution in [1.29, 1.82) is 0 Å². The van der Waals surface area contributed by atoms with Crippen molar-refractivity contribution in [2.75, 3.05) is 12.8 Å². The summed E-state index contributed by atoms with van der Waals surface area (Å²) < 4.78 is 20.6. The zero-order valence-electron chi connectivity index (χ0n) is 7.72. The summed E-state index contributed by atoms with van der Waals surface area (Å²) in [6.07, 6.45) is 2.34. The molecule has 3 nitrogen and oxygen atoms in total. The van der Waals surface area contributed by atoms with Gasteiger partial charge in [0.05, 0.1) is 0 Å². The van der Waals surface area contributed by atoms with Crippen LogP contribution in [0, 0.1) is 5.41 Å². The first-order chi connectivity index (χ1) is 4.71. The van der Waals surface area contributed by atoms with Gasteiger partial charge in [0.15, 0.2) is 0 Å². The van der Waals surface area contributed by atoms with Crippen molar-refractivity contribution in [2.45, 2.75) is 27.2 Å². The van der Waals surface area contributed by atoms with E-state index in [9.17, 15) is 0 Å². The first-order valence-electron chi connectivity index (χ1n) is 3.68. The van der Waals surface area contributed by atoms with Gasteiger partial charge in [-0.1, -0.05) is 20.8 Å². The predicted molar refractivity (Wildman–Crippen MR) is 50.8 cm³/mol. The van der Waals surface area contributed by atoms with E-state index < -0.39 is 10.8 Å². The molecule has 0 unspecified atom stereocenters. The molecule has 0 aromatic carbocycles. The van der Waals surface area contributed by atoms with E-state index in [4.69, 9.17) is 9.11 Å². The van der Waals surface area contributed by atoms with Gasteiger partial charge in [0, 0.05) is 12.8 Å². The highest BCUT2D eigenvalue weighted by Crippen LogP contribution is 2.28. The van der Waals surface area contributed by atoms with Crippen LogP contribution in [0.2, 0.25) is 0 Å². The molecule has 0 aliphatic rings. The van der Waals surface area contributed by atoms with E-state index in [1.165, 1.54) is 6.26 Å². The van der Waals surface area contributed by atoms with Gasteiger partial charge in [-0.05, 0) is 11.8 Å². The number of nitrogens with one attached hydrogen (secondary N) is 1. The van der Waals surface area contributed by atoms with Gasteiger partial charge in [-0.25, -0.2) is 4.72 Å². The molecule has 0 rings (SSSR count). The summed E-state index contributed by atoms with van der Waals surface area (Å²) in [6, 6.07) is 0. The van der Waals surface area contributed by atoms with Crippen molar-refractivity contribution < 1.29 is 9.11 Å². The Hall–Kier alpha value is 0.230. The molecule has 70 valence electrons. The molecule has 0 heterocycles. The lowest BCUT2D eigenvalue weighted by atomic mass is 9.93. The van der Waals surface area contributed by atoms with Gasteiger partial charge in [-0.2, -0.15) is 0 Å². The quantitative estimate of drug-likeness (QED) is 0.626. The van der Waals surface area contributed by atoms with Crippen molar-refractivity contribution in [2.24, 2.45) is 5.41 Å². The number of rotatable bonds is 3. The first kappa shape index (κ1) is 11.2. The molecule has 0 spiro atoms. The van der Waals surface area contributed by atoms with E-state index in [-0.39, 0.29) is 5.41 Å². The van der Waals surface area contributed by atoms with E-state index in [1.54, 1.807) is 0 Å². The van der Waals surface area contributed by atoms with Crippen LogP contribution >= 0.6 is 10.8 Å². The Bertz CT molecular complexity index is 101. The average molecular weight is 181 g/mol. The van der Waals surface area contributed by atoms with Gasteiger partial charge >= 0.3 is 0 Å². The maximum atomic E-state index is 8.94. The van der Waals surface area contributed by atoms with E-state index in [0.717, 1.165) is 6.42 Å². The first-order valence-corrected chi connectivity index (χ1v) is 5.64. The molecule has 0 radical (unpaired) electrons. The van der Waals surface area contributed by atoms with Crippen LogP contribution in [0.1, 0.15) is 27.2 Å². The summed E-state index contributed by atoms with van der Waals surface area (Å²) in [4.78, 5) is 0. The molecule has 0 saturated heterocycles. The highest BCUT2D eigenvalue weighted by molar-refractivity contribution is 8.22. The fraction of sp³-hybridized carbons (Fsp3) is 1.00. The van der Waals surface area contributed by atoms with Crippen molar-refractivity contribution in [3.63, 3.8) is 0 Å². The number of hydrogen-bond acceptors (Lipinski definition) is 3. The molecule has 0 aliphatic carbocycles. The predicted octanol–water partition coefficient (Wildman–Crippen LogP) is 2.31. The summed E-state index contributed by atoms with van der Waals surface area (Å²) in [7, 11) is -2.50. The van der Waals surface area contributed by atoms with E-state index in [0.29, 0.717) is 6.54 Å². The Morgan fingerprint density at radius 2 is 1.73 bits per heavy atom. The molecule has 0 fully saturated rings. The summed E-state index contributed by atoms with van der Waals surface area (Å²) in [5.41, 5.74) is 0.248. The third-order valence-electron chi connectivity index (χ3n) is 1.25. The fourth-order valence-electron chi connectivity index (χ4n) is 0.619. The van der Waals surface area contributed by atoms with Crippen LogP contribution in [0.5, 0.6) is 0 Å². The second-order valence-corrected chi connectivity index (χ2v) is 5.99. The molecule has 11 heavy (non-hydrogen) atoms. The van der Waals surface area contributed by atoms with Crippen LogP contribution < -0.4 is 4.72 Å². The molecule has 0 atom stereocenters. The fourth-order valence-corrected chi connectivity index (χ4v) is 1.11. The Morgan fingerprint density at radius 1 is 1.27 bits per heavy atom. The summed E-state index contributed by atoms with van der Waals surface area (Å²) >= 11 is 0. The Kier molecular flexibility index (Phi) is 3.84. The minimum absolute atomic E-state index is 0.248.